The fourth-order valence-corrected chi connectivity index (χ4v) is 1.54. The topological polar surface area (TPSA) is 93.1 Å². The number of carbonyl (C=O) groups is 2. The van der Waals surface area contributed by atoms with Crippen molar-refractivity contribution in [2.75, 3.05) is 13.7 Å². The van der Waals surface area contributed by atoms with Crippen LogP contribution >= 0.6 is 0 Å². The average Bonchev–Trinajstić information content (AvgIpc) is 2.45. The molecule has 0 heterocycles. The number of methoxy groups -OCH3 is 1. The minimum absolute atomic E-state index is 0.0202. The SMILES string of the molecule is CCOC(=O)C(O)C(O)c1ccc(C(=O)OC)cc1F. The van der Waals surface area contributed by atoms with Crippen LogP contribution < -0.4 is 0 Å². The Kier molecular flexibility index (Phi) is 5.60. The molecule has 2 unspecified atom stereocenters. The Balaban J connectivity index is 2.96. The van der Waals surface area contributed by atoms with Crippen LogP contribution in [0.5, 0.6) is 0 Å². The molecular formula is C13H15FO6. The third kappa shape index (κ3) is 3.52. The number of halogens is 1. The molecule has 0 amide bonds. The number of aliphatic hydroxyl groups is 2. The van der Waals surface area contributed by atoms with Crippen molar-refractivity contribution >= 4 is 11.9 Å². The van der Waals surface area contributed by atoms with Crippen LogP contribution in [0.2, 0.25) is 0 Å². The quantitative estimate of drug-likeness (QED) is 0.769. The van der Waals surface area contributed by atoms with Crippen molar-refractivity contribution in [2.24, 2.45) is 0 Å². The Hall–Kier alpha value is -1.99. The predicted octanol–water partition coefficient (Wildman–Crippen LogP) is 0.570. The van der Waals surface area contributed by atoms with Crippen molar-refractivity contribution in [3.63, 3.8) is 0 Å². The van der Waals surface area contributed by atoms with Crippen molar-refractivity contribution in [3.05, 3.63) is 35.1 Å². The highest BCUT2D eigenvalue weighted by Crippen LogP contribution is 2.22. The fraction of sp³-hybridized carbons (Fsp3) is 0.385. The van der Waals surface area contributed by atoms with Gasteiger partial charge in [-0.2, -0.15) is 0 Å². The molecule has 2 N–H and O–H groups in total. The highest BCUT2D eigenvalue weighted by atomic mass is 19.1. The zero-order valence-electron chi connectivity index (χ0n) is 11.0. The summed E-state index contributed by atoms with van der Waals surface area (Å²) in [5.41, 5.74) is -0.371. The van der Waals surface area contributed by atoms with E-state index in [9.17, 15) is 24.2 Å². The van der Waals surface area contributed by atoms with Crippen LogP contribution in [-0.4, -0.2) is 42.0 Å². The molecule has 1 rings (SSSR count). The van der Waals surface area contributed by atoms with Gasteiger partial charge in [0.15, 0.2) is 6.10 Å². The number of carbonyl (C=O) groups excluding carboxylic acids is 2. The molecule has 0 fully saturated rings. The summed E-state index contributed by atoms with van der Waals surface area (Å²) in [6, 6.07) is 3.16. The Morgan fingerprint density at radius 3 is 2.50 bits per heavy atom. The molecule has 110 valence electrons. The summed E-state index contributed by atoms with van der Waals surface area (Å²) in [6.07, 6.45) is -3.70. The number of aliphatic hydroxyl groups excluding tert-OH is 2. The number of hydrogen-bond donors (Lipinski definition) is 2. The molecule has 0 spiro atoms. The molecule has 0 aliphatic rings. The average molecular weight is 286 g/mol. The second-order valence-corrected chi connectivity index (χ2v) is 3.87. The molecular weight excluding hydrogens is 271 g/mol. The maximum atomic E-state index is 13.8. The van der Waals surface area contributed by atoms with Gasteiger partial charge >= 0.3 is 11.9 Å². The maximum Gasteiger partial charge on any atom is 0.338 e. The molecule has 0 bridgehead atoms. The van der Waals surface area contributed by atoms with Crippen molar-refractivity contribution < 1.29 is 33.7 Å². The van der Waals surface area contributed by atoms with Crippen LogP contribution in [0, 0.1) is 5.82 Å². The monoisotopic (exact) mass is 286 g/mol. The first-order chi connectivity index (χ1) is 9.42. The highest BCUT2D eigenvalue weighted by molar-refractivity contribution is 5.89. The lowest BCUT2D eigenvalue weighted by atomic mass is 10.0. The van der Waals surface area contributed by atoms with Crippen molar-refractivity contribution in [3.8, 4) is 0 Å². The van der Waals surface area contributed by atoms with Crippen molar-refractivity contribution in [1.82, 2.24) is 0 Å². The van der Waals surface area contributed by atoms with E-state index in [-0.39, 0.29) is 17.7 Å². The van der Waals surface area contributed by atoms with Crippen LogP contribution in [0.3, 0.4) is 0 Å². The number of hydrogen-bond acceptors (Lipinski definition) is 6. The van der Waals surface area contributed by atoms with Gasteiger partial charge in [0, 0.05) is 5.56 Å². The molecule has 6 nitrogen and oxygen atoms in total. The van der Waals surface area contributed by atoms with Gasteiger partial charge in [0.2, 0.25) is 0 Å². The van der Waals surface area contributed by atoms with Crippen LogP contribution in [0.1, 0.15) is 28.9 Å². The predicted molar refractivity (Wildman–Crippen MR) is 65.3 cm³/mol. The molecule has 0 radical (unpaired) electrons. The third-order valence-electron chi connectivity index (χ3n) is 2.57. The molecule has 1 aromatic rings. The van der Waals surface area contributed by atoms with E-state index in [2.05, 4.69) is 9.47 Å². The molecule has 7 heteroatoms. The number of benzene rings is 1. The Labute approximate surface area is 114 Å². The van der Waals surface area contributed by atoms with E-state index in [0.29, 0.717) is 0 Å². The molecule has 20 heavy (non-hydrogen) atoms. The zero-order chi connectivity index (χ0) is 15.3. The van der Waals surface area contributed by atoms with Crippen molar-refractivity contribution in [1.29, 1.82) is 0 Å². The molecule has 0 aliphatic carbocycles. The molecule has 2 atom stereocenters. The van der Waals surface area contributed by atoms with Gasteiger partial charge in [-0.1, -0.05) is 6.07 Å². The zero-order valence-corrected chi connectivity index (χ0v) is 11.0. The maximum absolute atomic E-state index is 13.8. The van der Waals surface area contributed by atoms with E-state index in [0.717, 1.165) is 19.2 Å². The molecule has 0 aromatic heterocycles. The normalized spacial score (nSPS) is 13.4. The first-order valence-corrected chi connectivity index (χ1v) is 5.82. The largest absolute Gasteiger partial charge is 0.465 e. The van der Waals surface area contributed by atoms with Crippen LogP contribution in [-0.2, 0) is 14.3 Å². The first kappa shape index (κ1) is 16.1. The lowest BCUT2D eigenvalue weighted by Gasteiger charge is -2.17. The smallest absolute Gasteiger partial charge is 0.338 e. The summed E-state index contributed by atoms with van der Waals surface area (Å²) >= 11 is 0. The van der Waals surface area contributed by atoms with Gasteiger partial charge in [0.05, 0.1) is 19.3 Å². The van der Waals surface area contributed by atoms with Gasteiger partial charge in [-0.05, 0) is 19.1 Å². The number of ether oxygens (including phenoxy) is 2. The van der Waals surface area contributed by atoms with Crippen molar-refractivity contribution in [2.45, 2.75) is 19.1 Å². The van der Waals surface area contributed by atoms with Gasteiger partial charge in [0.25, 0.3) is 0 Å². The third-order valence-corrected chi connectivity index (χ3v) is 2.57. The van der Waals surface area contributed by atoms with Crippen LogP contribution in [0.15, 0.2) is 18.2 Å². The second kappa shape index (κ2) is 6.97. The van der Waals surface area contributed by atoms with Gasteiger partial charge < -0.3 is 19.7 Å². The fourth-order valence-electron chi connectivity index (χ4n) is 1.54. The van der Waals surface area contributed by atoms with E-state index in [1.54, 1.807) is 0 Å². The van der Waals surface area contributed by atoms with E-state index < -0.39 is 30.0 Å². The molecule has 0 aliphatic heterocycles. The highest BCUT2D eigenvalue weighted by Gasteiger charge is 2.29. The standard InChI is InChI=1S/C13H15FO6/c1-3-20-13(18)11(16)10(15)8-5-4-7(6-9(8)14)12(17)19-2/h4-6,10-11,15-16H,3H2,1-2H3. The summed E-state index contributed by atoms with van der Waals surface area (Å²) in [5.74, 6) is -2.74. The van der Waals surface area contributed by atoms with Gasteiger partial charge in [-0.25, -0.2) is 14.0 Å². The Bertz CT molecular complexity index is 502. The number of rotatable bonds is 5. The van der Waals surface area contributed by atoms with E-state index in [4.69, 9.17) is 0 Å². The summed E-state index contributed by atoms with van der Waals surface area (Å²) < 4.78 is 22.7. The molecule has 0 saturated heterocycles. The number of esters is 2. The van der Waals surface area contributed by atoms with E-state index >= 15 is 0 Å². The minimum Gasteiger partial charge on any atom is -0.465 e. The van der Waals surface area contributed by atoms with E-state index in [1.165, 1.54) is 13.0 Å². The summed E-state index contributed by atoms with van der Waals surface area (Å²) in [4.78, 5) is 22.5. The van der Waals surface area contributed by atoms with Gasteiger partial charge in [0.1, 0.15) is 11.9 Å². The van der Waals surface area contributed by atoms with E-state index in [1.807, 2.05) is 0 Å². The lowest BCUT2D eigenvalue weighted by molar-refractivity contribution is -0.159. The van der Waals surface area contributed by atoms with Crippen LogP contribution in [0.25, 0.3) is 0 Å². The Morgan fingerprint density at radius 2 is 2.00 bits per heavy atom. The Morgan fingerprint density at radius 1 is 1.35 bits per heavy atom. The summed E-state index contributed by atoms with van der Waals surface area (Å²) in [7, 11) is 1.15. The molecule has 1 aromatic carbocycles. The summed E-state index contributed by atoms with van der Waals surface area (Å²) in [6.45, 7) is 1.55. The van der Waals surface area contributed by atoms with Gasteiger partial charge in [-0.15, -0.1) is 0 Å². The second-order valence-electron chi connectivity index (χ2n) is 3.87. The molecule has 0 saturated carbocycles. The van der Waals surface area contributed by atoms with Gasteiger partial charge in [-0.3, -0.25) is 0 Å². The van der Waals surface area contributed by atoms with Crippen LogP contribution in [0.4, 0.5) is 4.39 Å². The first-order valence-electron chi connectivity index (χ1n) is 5.82. The summed E-state index contributed by atoms with van der Waals surface area (Å²) in [5, 5.41) is 19.3. The lowest BCUT2D eigenvalue weighted by Crippen LogP contribution is -2.30. The minimum atomic E-state index is -1.91.